The number of fused-ring (bicyclic) bond motifs is 3. The van der Waals surface area contributed by atoms with Crippen LogP contribution in [-0.2, 0) is 6.54 Å². The molecule has 5 rings (SSSR count). The van der Waals surface area contributed by atoms with E-state index in [4.69, 9.17) is 9.97 Å². The van der Waals surface area contributed by atoms with Gasteiger partial charge in [0, 0.05) is 12.5 Å². The topological polar surface area (TPSA) is 42.7 Å². The van der Waals surface area contributed by atoms with Crippen LogP contribution in [0.4, 0.5) is 0 Å². The van der Waals surface area contributed by atoms with Crippen molar-refractivity contribution in [1.82, 2.24) is 19.9 Å². The molecule has 1 aliphatic carbocycles. The van der Waals surface area contributed by atoms with Crippen LogP contribution in [0.1, 0.15) is 74.4 Å². The molecule has 1 saturated carbocycles. The first-order valence-corrected chi connectivity index (χ1v) is 12.1. The quantitative estimate of drug-likeness (QED) is 0.615. The van der Waals surface area contributed by atoms with Gasteiger partial charge in [0.2, 0.25) is 0 Å². The van der Waals surface area contributed by atoms with E-state index in [9.17, 15) is 0 Å². The highest BCUT2D eigenvalue weighted by atomic mass is 32.1. The Bertz CT molecular complexity index is 974. The third-order valence-corrected chi connectivity index (χ3v) is 8.06. The third-order valence-electron chi connectivity index (χ3n) is 6.97. The molecule has 0 aromatic carbocycles. The average molecular weight is 397 g/mol. The van der Waals surface area contributed by atoms with Gasteiger partial charge in [0.25, 0.3) is 0 Å². The van der Waals surface area contributed by atoms with E-state index in [1.54, 1.807) is 0 Å². The van der Waals surface area contributed by atoms with Gasteiger partial charge < -0.3 is 9.88 Å². The number of thiophene rings is 1. The summed E-state index contributed by atoms with van der Waals surface area (Å²) >= 11 is 1.85. The van der Waals surface area contributed by atoms with E-state index in [2.05, 4.69) is 29.1 Å². The van der Waals surface area contributed by atoms with Gasteiger partial charge in [-0.25, -0.2) is 9.97 Å². The summed E-state index contributed by atoms with van der Waals surface area (Å²) in [6.45, 7) is 7.81. The van der Waals surface area contributed by atoms with Crippen LogP contribution in [0.25, 0.3) is 21.3 Å². The second kappa shape index (κ2) is 7.75. The van der Waals surface area contributed by atoms with E-state index in [1.165, 1.54) is 91.6 Å². The molecule has 3 aromatic rings. The van der Waals surface area contributed by atoms with E-state index in [0.717, 1.165) is 23.7 Å². The van der Waals surface area contributed by atoms with E-state index < -0.39 is 0 Å². The second-order valence-electron chi connectivity index (χ2n) is 8.93. The van der Waals surface area contributed by atoms with Crippen molar-refractivity contribution >= 4 is 32.6 Å². The minimum absolute atomic E-state index is 0.629. The van der Waals surface area contributed by atoms with Crippen LogP contribution in [0.3, 0.4) is 0 Å². The SMILES string of the molecule is Cc1csc2c1nc(C)c1nc(C3CCCCC3)n(CCC3CCNCC3)c12. The fourth-order valence-corrected chi connectivity index (χ4v) is 6.34. The highest BCUT2D eigenvalue weighted by Gasteiger charge is 2.26. The molecule has 5 heteroatoms. The van der Waals surface area contributed by atoms with Crippen LogP contribution in [0, 0.1) is 19.8 Å². The Kier molecular flexibility index (Phi) is 5.14. The first kappa shape index (κ1) is 18.6. The number of aryl methyl sites for hydroxylation is 3. The van der Waals surface area contributed by atoms with Gasteiger partial charge >= 0.3 is 0 Å². The molecule has 28 heavy (non-hydrogen) atoms. The highest BCUT2D eigenvalue weighted by Crippen LogP contribution is 2.38. The smallest absolute Gasteiger partial charge is 0.113 e. The first-order chi connectivity index (χ1) is 13.7. The lowest BCUT2D eigenvalue weighted by Gasteiger charge is -2.25. The van der Waals surface area contributed by atoms with Crippen molar-refractivity contribution in [2.24, 2.45) is 5.92 Å². The number of hydrogen-bond donors (Lipinski definition) is 1. The molecule has 4 heterocycles. The first-order valence-electron chi connectivity index (χ1n) is 11.2. The Morgan fingerprint density at radius 1 is 1.04 bits per heavy atom. The molecule has 1 saturated heterocycles. The Morgan fingerprint density at radius 3 is 2.61 bits per heavy atom. The lowest BCUT2D eigenvalue weighted by Crippen LogP contribution is -2.28. The Hall–Kier alpha value is -1.46. The molecule has 0 spiro atoms. The molecule has 0 unspecified atom stereocenters. The summed E-state index contributed by atoms with van der Waals surface area (Å²) in [5.74, 6) is 2.83. The lowest BCUT2D eigenvalue weighted by molar-refractivity contribution is 0.333. The molecule has 1 N–H and O–H groups in total. The number of rotatable bonds is 4. The van der Waals surface area contributed by atoms with Gasteiger partial charge in [0.1, 0.15) is 11.3 Å². The number of aromatic nitrogens is 3. The number of hydrogen-bond acceptors (Lipinski definition) is 4. The molecule has 0 radical (unpaired) electrons. The zero-order valence-electron chi connectivity index (χ0n) is 17.3. The largest absolute Gasteiger partial charge is 0.326 e. The second-order valence-corrected chi connectivity index (χ2v) is 9.81. The Labute approximate surface area is 171 Å². The molecule has 2 fully saturated rings. The molecule has 2 aliphatic rings. The van der Waals surface area contributed by atoms with Crippen molar-refractivity contribution in [2.45, 2.75) is 77.7 Å². The molecular formula is C23H32N4S. The highest BCUT2D eigenvalue weighted by molar-refractivity contribution is 7.18. The monoisotopic (exact) mass is 396 g/mol. The Balaban J connectivity index is 1.61. The van der Waals surface area contributed by atoms with Crippen molar-refractivity contribution in [1.29, 1.82) is 0 Å². The predicted octanol–water partition coefficient (Wildman–Crippen LogP) is 5.70. The summed E-state index contributed by atoms with van der Waals surface area (Å²) < 4.78 is 3.97. The summed E-state index contributed by atoms with van der Waals surface area (Å²) in [5.41, 5.74) is 6.11. The van der Waals surface area contributed by atoms with Gasteiger partial charge in [-0.2, -0.15) is 0 Å². The maximum atomic E-state index is 5.25. The molecule has 3 aromatic heterocycles. The van der Waals surface area contributed by atoms with Gasteiger partial charge in [-0.05, 0) is 75.9 Å². The van der Waals surface area contributed by atoms with Crippen molar-refractivity contribution in [2.75, 3.05) is 13.1 Å². The predicted molar refractivity (Wildman–Crippen MR) is 118 cm³/mol. The van der Waals surface area contributed by atoms with Crippen LogP contribution in [0.2, 0.25) is 0 Å². The molecule has 1 aliphatic heterocycles. The normalized spacial score (nSPS) is 19.8. The summed E-state index contributed by atoms with van der Waals surface area (Å²) in [6, 6.07) is 0. The zero-order valence-corrected chi connectivity index (χ0v) is 18.1. The number of piperidine rings is 1. The maximum absolute atomic E-state index is 5.25. The summed E-state index contributed by atoms with van der Waals surface area (Å²) in [5, 5.41) is 5.77. The van der Waals surface area contributed by atoms with Gasteiger partial charge in [-0.3, -0.25) is 0 Å². The number of imidazole rings is 1. The minimum Gasteiger partial charge on any atom is -0.326 e. The van der Waals surface area contributed by atoms with Crippen LogP contribution in [-0.4, -0.2) is 27.6 Å². The van der Waals surface area contributed by atoms with Gasteiger partial charge in [-0.1, -0.05) is 19.3 Å². The van der Waals surface area contributed by atoms with Gasteiger partial charge in [-0.15, -0.1) is 11.3 Å². The van der Waals surface area contributed by atoms with Crippen LogP contribution < -0.4 is 5.32 Å². The molecule has 0 bridgehead atoms. The van der Waals surface area contributed by atoms with Crippen molar-refractivity contribution in [3.8, 4) is 0 Å². The fourth-order valence-electron chi connectivity index (χ4n) is 5.30. The number of nitrogens with zero attached hydrogens (tertiary/aromatic N) is 3. The Morgan fingerprint density at radius 2 is 1.82 bits per heavy atom. The maximum Gasteiger partial charge on any atom is 0.113 e. The summed E-state index contributed by atoms with van der Waals surface area (Å²) in [4.78, 5) is 10.2. The van der Waals surface area contributed by atoms with Gasteiger partial charge in [0.05, 0.1) is 21.4 Å². The third kappa shape index (κ3) is 3.26. The summed E-state index contributed by atoms with van der Waals surface area (Å²) in [7, 11) is 0. The lowest BCUT2D eigenvalue weighted by atomic mass is 9.88. The molecular weight excluding hydrogens is 364 g/mol. The standard InChI is InChI=1S/C23H32N4S/c1-15-14-28-22-19(15)25-16(2)20-21(22)27(13-10-17-8-11-24-12-9-17)23(26-20)18-6-4-3-5-7-18/h14,17-18,24H,3-13H2,1-2H3. The van der Waals surface area contributed by atoms with E-state index in [-0.39, 0.29) is 0 Å². The summed E-state index contributed by atoms with van der Waals surface area (Å²) in [6.07, 6.45) is 10.6. The van der Waals surface area contributed by atoms with Crippen LogP contribution in [0.5, 0.6) is 0 Å². The molecule has 0 atom stereocenters. The minimum atomic E-state index is 0.629. The van der Waals surface area contributed by atoms with Crippen molar-refractivity contribution in [3.05, 3.63) is 22.5 Å². The number of pyridine rings is 1. The average Bonchev–Trinajstić information content (AvgIpc) is 3.29. The molecule has 4 nitrogen and oxygen atoms in total. The van der Waals surface area contributed by atoms with Gasteiger partial charge in [0.15, 0.2) is 0 Å². The van der Waals surface area contributed by atoms with E-state index >= 15 is 0 Å². The van der Waals surface area contributed by atoms with Crippen LogP contribution in [0.15, 0.2) is 5.38 Å². The number of nitrogens with one attached hydrogen (secondary N) is 1. The zero-order chi connectivity index (χ0) is 19.1. The van der Waals surface area contributed by atoms with E-state index in [0.29, 0.717) is 5.92 Å². The molecule has 0 amide bonds. The van der Waals surface area contributed by atoms with Crippen molar-refractivity contribution < 1.29 is 0 Å². The van der Waals surface area contributed by atoms with E-state index in [1.807, 2.05) is 11.3 Å². The van der Waals surface area contributed by atoms with Crippen molar-refractivity contribution in [3.63, 3.8) is 0 Å². The fraction of sp³-hybridized carbons (Fsp3) is 0.652. The van der Waals surface area contributed by atoms with Crippen LogP contribution >= 0.6 is 11.3 Å². The molecule has 150 valence electrons.